The highest BCUT2D eigenvalue weighted by Gasteiger charge is 2.30. The van der Waals surface area contributed by atoms with Crippen molar-refractivity contribution >= 4 is 10.0 Å². The summed E-state index contributed by atoms with van der Waals surface area (Å²) in [5, 5.41) is 4.06. The van der Waals surface area contributed by atoms with E-state index in [2.05, 4.69) is 16.7 Å². The Hall–Kier alpha value is -0.920. The van der Waals surface area contributed by atoms with Gasteiger partial charge in [0, 0.05) is 19.3 Å². The maximum Gasteiger partial charge on any atom is 0.243 e. The van der Waals surface area contributed by atoms with Crippen molar-refractivity contribution in [1.82, 2.24) is 14.5 Å². The quantitative estimate of drug-likeness (QED) is 0.788. The third-order valence-corrected chi connectivity index (χ3v) is 5.37. The molecule has 0 saturated heterocycles. The predicted molar refractivity (Wildman–Crippen MR) is 77.7 cm³/mol. The molecule has 1 saturated carbocycles. The van der Waals surface area contributed by atoms with Crippen LogP contribution in [0.2, 0.25) is 0 Å². The highest BCUT2D eigenvalue weighted by atomic mass is 32.2. The number of aryl methyl sites for hydroxylation is 1. The molecule has 0 amide bonds. The van der Waals surface area contributed by atoms with Crippen molar-refractivity contribution in [1.29, 1.82) is 0 Å². The van der Waals surface area contributed by atoms with Gasteiger partial charge in [-0.1, -0.05) is 19.8 Å². The lowest BCUT2D eigenvalue weighted by atomic mass is 9.89. The first-order chi connectivity index (χ1) is 9.45. The molecule has 3 N–H and O–H groups in total. The van der Waals surface area contributed by atoms with E-state index in [0.29, 0.717) is 19.6 Å². The van der Waals surface area contributed by atoms with E-state index in [1.165, 1.54) is 19.0 Å². The van der Waals surface area contributed by atoms with Crippen molar-refractivity contribution in [2.75, 3.05) is 13.1 Å². The maximum atomic E-state index is 12.2. The summed E-state index contributed by atoms with van der Waals surface area (Å²) < 4.78 is 28.8. The number of nitrogens with one attached hydrogen (secondary N) is 1. The van der Waals surface area contributed by atoms with Crippen molar-refractivity contribution in [3.8, 4) is 0 Å². The van der Waals surface area contributed by atoms with E-state index in [-0.39, 0.29) is 10.3 Å². The average molecular weight is 300 g/mol. The highest BCUT2D eigenvalue weighted by Crippen LogP contribution is 2.36. The summed E-state index contributed by atoms with van der Waals surface area (Å²) in [7, 11) is -3.45. The molecule has 2 rings (SSSR count). The molecule has 1 aromatic rings. The molecule has 1 aliphatic rings. The van der Waals surface area contributed by atoms with E-state index in [4.69, 9.17) is 5.73 Å². The number of sulfonamides is 1. The molecule has 1 heterocycles. The monoisotopic (exact) mass is 300 g/mol. The van der Waals surface area contributed by atoms with Crippen molar-refractivity contribution in [3.63, 3.8) is 0 Å². The molecule has 0 aliphatic heterocycles. The van der Waals surface area contributed by atoms with E-state index >= 15 is 0 Å². The summed E-state index contributed by atoms with van der Waals surface area (Å²) in [5.74, 6) is 0. The van der Waals surface area contributed by atoms with Crippen molar-refractivity contribution < 1.29 is 8.42 Å². The van der Waals surface area contributed by atoms with Gasteiger partial charge in [-0.3, -0.25) is 4.68 Å². The fraction of sp³-hybridized carbons (Fsp3) is 0.769. The van der Waals surface area contributed by atoms with Crippen LogP contribution in [0.15, 0.2) is 17.3 Å². The van der Waals surface area contributed by atoms with E-state index in [9.17, 15) is 8.42 Å². The molecule has 1 aromatic heterocycles. The lowest BCUT2D eigenvalue weighted by Crippen LogP contribution is -2.34. The van der Waals surface area contributed by atoms with Crippen LogP contribution in [0.3, 0.4) is 0 Å². The zero-order chi connectivity index (χ0) is 14.6. The van der Waals surface area contributed by atoms with Crippen molar-refractivity contribution in [2.45, 2.75) is 50.5 Å². The number of hydrogen-bond donors (Lipinski definition) is 2. The van der Waals surface area contributed by atoms with Gasteiger partial charge in [0.25, 0.3) is 0 Å². The predicted octanol–water partition coefficient (Wildman–Crippen LogP) is 1.09. The smallest absolute Gasteiger partial charge is 0.243 e. The Labute approximate surface area is 120 Å². The van der Waals surface area contributed by atoms with Gasteiger partial charge in [0.15, 0.2) is 0 Å². The Morgan fingerprint density at radius 2 is 2.15 bits per heavy atom. The minimum Gasteiger partial charge on any atom is -0.330 e. The topological polar surface area (TPSA) is 90.0 Å². The molecule has 0 aromatic carbocycles. The summed E-state index contributed by atoms with van der Waals surface area (Å²) in [6, 6.07) is 0. The Kier molecular flexibility index (Phi) is 4.82. The van der Waals surface area contributed by atoms with Gasteiger partial charge in [-0.05, 0) is 31.2 Å². The summed E-state index contributed by atoms with van der Waals surface area (Å²) in [6.45, 7) is 3.86. The molecule has 114 valence electrons. The SMILES string of the molecule is CC1(CNS(=O)(=O)c2cnn(CCCN)c2)CCCC1. The van der Waals surface area contributed by atoms with Crippen LogP contribution in [0, 0.1) is 5.41 Å². The van der Waals surface area contributed by atoms with Crippen LogP contribution in [0.25, 0.3) is 0 Å². The fourth-order valence-electron chi connectivity index (χ4n) is 2.62. The maximum absolute atomic E-state index is 12.2. The molecule has 0 spiro atoms. The highest BCUT2D eigenvalue weighted by molar-refractivity contribution is 7.89. The van der Waals surface area contributed by atoms with E-state index in [1.807, 2.05) is 0 Å². The summed E-state index contributed by atoms with van der Waals surface area (Å²) >= 11 is 0. The molecule has 0 unspecified atom stereocenters. The van der Waals surface area contributed by atoms with Crippen LogP contribution in [-0.4, -0.2) is 31.3 Å². The number of nitrogens with two attached hydrogens (primary N) is 1. The molecule has 7 heteroatoms. The van der Waals surface area contributed by atoms with Gasteiger partial charge in [-0.25, -0.2) is 13.1 Å². The molecular formula is C13H24N4O2S. The lowest BCUT2D eigenvalue weighted by molar-refractivity contribution is 0.336. The van der Waals surface area contributed by atoms with Gasteiger partial charge in [0.2, 0.25) is 10.0 Å². The Morgan fingerprint density at radius 3 is 2.80 bits per heavy atom. The number of nitrogens with zero attached hydrogens (tertiary/aromatic N) is 2. The van der Waals surface area contributed by atoms with E-state index < -0.39 is 10.0 Å². The van der Waals surface area contributed by atoms with Gasteiger partial charge >= 0.3 is 0 Å². The summed E-state index contributed by atoms with van der Waals surface area (Å²) in [5.41, 5.74) is 5.53. The largest absolute Gasteiger partial charge is 0.330 e. The first kappa shape index (κ1) is 15.5. The Bertz CT molecular complexity index is 532. The average Bonchev–Trinajstić information content (AvgIpc) is 3.04. The standard InChI is InChI=1S/C13H24N4O2S/c1-13(5-2-3-6-13)11-16-20(18,19)12-9-15-17(10-12)8-4-7-14/h9-10,16H,2-8,11,14H2,1H3. The first-order valence-electron chi connectivity index (χ1n) is 7.17. The normalized spacial score (nSPS) is 18.5. The summed E-state index contributed by atoms with van der Waals surface area (Å²) in [4.78, 5) is 0.233. The van der Waals surface area contributed by atoms with E-state index in [1.54, 1.807) is 10.9 Å². The lowest BCUT2D eigenvalue weighted by Gasteiger charge is -2.23. The second kappa shape index (κ2) is 6.24. The fourth-order valence-corrected chi connectivity index (χ4v) is 3.77. The van der Waals surface area contributed by atoms with Crippen LogP contribution in [0.1, 0.15) is 39.0 Å². The molecule has 0 bridgehead atoms. The van der Waals surface area contributed by atoms with Crippen LogP contribution in [0.4, 0.5) is 0 Å². The molecule has 0 atom stereocenters. The van der Waals surface area contributed by atoms with Gasteiger partial charge in [0.05, 0.1) is 6.20 Å². The van der Waals surface area contributed by atoms with Crippen LogP contribution < -0.4 is 10.5 Å². The minimum absolute atomic E-state index is 0.0998. The molecule has 0 radical (unpaired) electrons. The number of rotatable bonds is 7. The second-order valence-corrected chi connectivity index (χ2v) is 7.69. The molecule has 20 heavy (non-hydrogen) atoms. The zero-order valence-electron chi connectivity index (χ0n) is 12.0. The van der Waals surface area contributed by atoms with Crippen molar-refractivity contribution in [3.05, 3.63) is 12.4 Å². The van der Waals surface area contributed by atoms with E-state index in [0.717, 1.165) is 19.3 Å². The Balaban J connectivity index is 1.97. The van der Waals surface area contributed by atoms with Crippen LogP contribution in [-0.2, 0) is 16.6 Å². The van der Waals surface area contributed by atoms with Crippen LogP contribution >= 0.6 is 0 Å². The van der Waals surface area contributed by atoms with Crippen LogP contribution in [0.5, 0.6) is 0 Å². The Morgan fingerprint density at radius 1 is 1.45 bits per heavy atom. The van der Waals surface area contributed by atoms with Gasteiger partial charge < -0.3 is 5.73 Å². The second-order valence-electron chi connectivity index (χ2n) is 5.92. The molecule has 6 nitrogen and oxygen atoms in total. The molecular weight excluding hydrogens is 276 g/mol. The molecule has 1 aliphatic carbocycles. The van der Waals surface area contributed by atoms with Gasteiger partial charge in [0.1, 0.15) is 4.90 Å². The summed E-state index contributed by atoms with van der Waals surface area (Å²) in [6.07, 6.45) is 8.30. The number of aromatic nitrogens is 2. The van der Waals surface area contributed by atoms with Crippen molar-refractivity contribution in [2.24, 2.45) is 11.1 Å². The first-order valence-corrected chi connectivity index (χ1v) is 8.66. The third-order valence-electron chi connectivity index (χ3n) is 4.01. The van der Waals surface area contributed by atoms with Gasteiger partial charge in [-0.2, -0.15) is 5.10 Å². The molecule has 1 fully saturated rings. The number of hydrogen-bond acceptors (Lipinski definition) is 4. The zero-order valence-corrected chi connectivity index (χ0v) is 12.8. The van der Waals surface area contributed by atoms with Gasteiger partial charge in [-0.15, -0.1) is 0 Å². The third kappa shape index (κ3) is 3.80. The minimum atomic E-state index is -3.45.